The van der Waals surface area contributed by atoms with Gasteiger partial charge in [0.05, 0.1) is 47.8 Å². The number of carbonyl (C=O) groups is 1. The first-order valence-electron chi connectivity index (χ1n) is 8.97. The maximum absolute atomic E-state index is 13.1. The lowest BCUT2D eigenvalue weighted by atomic mass is 10.1. The van der Waals surface area contributed by atoms with E-state index in [1.165, 1.54) is 0 Å². The summed E-state index contributed by atoms with van der Waals surface area (Å²) in [6.45, 7) is 0. The van der Waals surface area contributed by atoms with Gasteiger partial charge in [-0.2, -0.15) is 0 Å². The summed E-state index contributed by atoms with van der Waals surface area (Å²) in [5.41, 5.74) is 4.52. The summed E-state index contributed by atoms with van der Waals surface area (Å²) < 4.78 is 20.7. The van der Waals surface area contributed by atoms with Crippen LogP contribution in [0.1, 0.15) is 6.42 Å². The van der Waals surface area contributed by atoms with E-state index < -0.39 is 12.1 Å². The zero-order valence-electron chi connectivity index (χ0n) is 15.4. The third-order valence-electron chi connectivity index (χ3n) is 5.25. The SMILES string of the molecule is COc1cc2nc[nH]c2cc1-c1cc2cc(NC(=O)[C@@H]3C[C@@H]3F)ncc2n1C. The molecular formula is C20H18FN5O2. The highest BCUT2D eigenvalue weighted by molar-refractivity contribution is 5.97. The second-order valence-electron chi connectivity index (χ2n) is 7.04. The quantitative estimate of drug-likeness (QED) is 0.569. The van der Waals surface area contributed by atoms with Crippen LogP contribution in [0.4, 0.5) is 10.2 Å². The summed E-state index contributed by atoms with van der Waals surface area (Å²) in [4.78, 5) is 23.7. The Kier molecular flexibility index (Phi) is 3.61. The van der Waals surface area contributed by atoms with Crippen LogP contribution in [0.2, 0.25) is 0 Å². The van der Waals surface area contributed by atoms with Crippen molar-refractivity contribution < 1.29 is 13.9 Å². The van der Waals surface area contributed by atoms with Crippen molar-refractivity contribution in [2.45, 2.75) is 12.6 Å². The number of ether oxygens (including phenoxy) is 1. The minimum Gasteiger partial charge on any atom is -0.496 e. The third kappa shape index (κ3) is 2.60. The van der Waals surface area contributed by atoms with Crippen molar-refractivity contribution in [3.05, 3.63) is 36.8 Å². The molecule has 0 saturated heterocycles. The first-order chi connectivity index (χ1) is 13.5. The van der Waals surface area contributed by atoms with Gasteiger partial charge in [0.1, 0.15) is 17.7 Å². The second kappa shape index (κ2) is 6.05. The number of fused-ring (bicyclic) bond motifs is 2. The van der Waals surface area contributed by atoms with Crippen LogP contribution < -0.4 is 10.1 Å². The van der Waals surface area contributed by atoms with Gasteiger partial charge in [-0.25, -0.2) is 14.4 Å². The Bertz CT molecular complexity index is 1230. The number of pyridine rings is 1. The molecule has 2 N–H and O–H groups in total. The van der Waals surface area contributed by atoms with E-state index in [1.807, 2.05) is 29.8 Å². The van der Waals surface area contributed by atoms with Crippen molar-refractivity contribution in [2.24, 2.45) is 13.0 Å². The normalized spacial score (nSPS) is 18.5. The van der Waals surface area contributed by atoms with Crippen LogP contribution in [0.5, 0.6) is 5.75 Å². The van der Waals surface area contributed by atoms with E-state index >= 15 is 0 Å². The number of aromatic amines is 1. The lowest BCUT2D eigenvalue weighted by Crippen LogP contribution is -2.15. The molecule has 0 spiro atoms. The van der Waals surface area contributed by atoms with Gasteiger partial charge in [-0.05, 0) is 24.6 Å². The number of imidazole rings is 1. The lowest BCUT2D eigenvalue weighted by Gasteiger charge is -2.10. The molecule has 0 aliphatic heterocycles. The Morgan fingerprint density at radius 1 is 1.32 bits per heavy atom. The van der Waals surface area contributed by atoms with Gasteiger partial charge in [0.25, 0.3) is 0 Å². The van der Waals surface area contributed by atoms with Crippen LogP contribution >= 0.6 is 0 Å². The van der Waals surface area contributed by atoms with Crippen LogP contribution in [-0.2, 0) is 11.8 Å². The van der Waals surface area contributed by atoms with Crippen LogP contribution in [-0.4, -0.2) is 38.7 Å². The molecule has 1 amide bonds. The number of anilines is 1. The molecule has 1 aliphatic carbocycles. The van der Waals surface area contributed by atoms with Gasteiger partial charge in [0.15, 0.2) is 0 Å². The van der Waals surface area contributed by atoms with Gasteiger partial charge in [-0.1, -0.05) is 0 Å². The topological polar surface area (TPSA) is 84.8 Å². The molecule has 8 heteroatoms. The Labute approximate surface area is 159 Å². The Morgan fingerprint density at radius 3 is 2.89 bits per heavy atom. The van der Waals surface area contributed by atoms with E-state index in [0.717, 1.165) is 38.9 Å². The average molecular weight is 379 g/mol. The molecule has 3 aromatic heterocycles. The van der Waals surface area contributed by atoms with Crippen LogP contribution in [0.3, 0.4) is 0 Å². The number of nitrogens with one attached hydrogen (secondary N) is 2. The number of amides is 1. The predicted molar refractivity (Wildman–Crippen MR) is 104 cm³/mol. The Balaban J connectivity index is 1.57. The average Bonchev–Trinajstić information content (AvgIpc) is 3.11. The molecule has 0 bridgehead atoms. The van der Waals surface area contributed by atoms with Crippen LogP contribution in [0, 0.1) is 5.92 Å². The number of alkyl halides is 1. The highest BCUT2D eigenvalue weighted by Crippen LogP contribution is 2.37. The van der Waals surface area contributed by atoms with Gasteiger partial charge in [0, 0.05) is 24.1 Å². The van der Waals surface area contributed by atoms with Crippen molar-refractivity contribution in [3.8, 4) is 17.0 Å². The zero-order chi connectivity index (χ0) is 19.4. The van der Waals surface area contributed by atoms with Crippen LogP contribution in [0.25, 0.3) is 33.2 Å². The number of benzene rings is 1. The number of hydrogen-bond donors (Lipinski definition) is 2. The number of halogens is 1. The Morgan fingerprint density at radius 2 is 2.14 bits per heavy atom. The molecule has 1 aliphatic rings. The van der Waals surface area contributed by atoms with Crippen molar-refractivity contribution in [1.82, 2.24) is 19.5 Å². The van der Waals surface area contributed by atoms with Gasteiger partial charge in [-0.15, -0.1) is 0 Å². The van der Waals surface area contributed by atoms with Gasteiger partial charge in [-0.3, -0.25) is 4.79 Å². The molecule has 1 fully saturated rings. The fraction of sp³-hybridized carbons (Fsp3) is 0.250. The number of nitrogens with zero attached hydrogens (tertiary/aromatic N) is 3. The first-order valence-corrected chi connectivity index (χ1v) is 8.97. The molecular weight excluding hydrogens is 361 g/mol. The standard InChI is InChI=1S/C20H18FN5O2/c1-26-16(12-6-14-15(24-9-23-14)7-18(12)28-2)3-10-4-19(22-8-17(10)26)25-20(27)11-5-13(11)21/h3-4,6-9,11,13H,5H2,1-2H3,(H,23,24)(H,22,25,27)/t11-,13+/m1/s1. The molecule has 142 valence electrons. The van der Waals surface area contributed by atoms with Crippen molar-refractivity contribution >= 4 is 33.7 Å². The number of H-pyrrole nitrogens is 1. The Hall–Kier alpha value is -3.42. The summed E-state index contributed by atoms with van der Waals surface area (Å²) in [5.74, 6) is 0.274. The third-order valence-corrected chi connectivity index (χ3v) is 5.25. The molecule has 28 heavy (non-hydrogen) atoms. The number of rotatable bonds is 4. The van der Waals surface area contributed by atoms with E-state index in [2.05, 4.69) is 20.3 Å². The maximum atomic E-state index is 13.1. The molecule has 7 nitrogen and oxygen atoms in total. The van der Waals surface area contributed by atoms with Gasteiger partial charge >= 0.3 is 0 Å². The summed E-state index contributed by atoms with van der Waals surface area (Å²) in [6.07, 6.45) is 2.61. The molecule has 5 rings (SSSR count). The number of hydrogen-bond acceptors (Lipinski definition) is 4. The van der Waals surface area contributed by atoms with Crippen molar-refractivity contribution in [2.75, 3.05) is 12.4 Å². The fourth-order valence-corrected chi connectivity index (χ4v) is 3.55. The number of aromatic nitrogens is 4. The number of aryl methyl sites for hydroxylation is 1. The van der Waals surface area contributed by atoms with Crippen molar-refractivity contribution in [3.63, 3.8) is 0 Å². The molecule has 0 radical (unpaired) electrons. The largest absolute Gasteiger partial charge is 0.496 e. The van der Waals surface area contributed by atoms with E-state index in [0.29, 0.717) is 12.2 Å². The minimum absolute atomic E-state index is 0.291. The number of methoxy groups -OCH3 is 1. The summed E-state index contributed by atoms with van der Waals surface area (Å²) in [6, 6.07) is 7.71. The molecule has 1 aromatic carbocycles. The maximum Gasteiger partial charge on any atom is 0.231 e. The van der Waals surface area contributed by atoms with Crippen LogP contribution in [0.15, 0.2) is 36.8 Å². The summed E-state index contributed by atoms with van der Waals surface area (Å²) >= 11 is 0. The number of carbonyl (C=O) groups excluding carboxylic acids is 1. The minimum atomic E-state index is -1.03. The molecule has 1 saturated carbocycles. The first kappa shape index (κ1) is 16.7. The highest BCUT2D eigenvalue weighted by atomic mass is 19.1. The fourth-order valence-electron chi connectivity index (χ4n) is 3.55. The van der Waals surface area contributed by atoms with E-state index in [4.69, 9.17) is 4.74 Å². The smallest absolute Gasteiger partial charge is 0.231 e. The van der Waals surface area contributed by atoms with Gasteiger partial charge < -0.3 is 19.6 Å². The lowest BCUT2D eigenvalue weighted by molar-refractivity contribution is -0.117. The van der Waals surface area contributed by atoms with E-state index in [-0.39, 0.29) is 5.91 Å². The molecule has 2 atom stereocenters. The zero-order valence-corrected chi connectivity index (χ0v) is 15.4. The van der Waals surface area contributed by atoms with E-state index in [1.54, 1.807) is 25.7 Å². The predicted octanol–water partition coefficient (Wildman–Crippen LogP) is 3.42. The highest BCUT2D eigenvalue weighted by Gasteiger charge is 2.43. The van der Waals surface area contributed by atoms with Crippen molar-refractivity contribution in [1.29, 1.82) is 0 Å². The monoisotopic (exact) mass is 379 g/mol. The van der Waals surface area contributed by atoms with Gasteiger partial charge in [0.2, 0.25) is 5.91 Å². The summed E-state index contributed by atoms with van der Waals surface area (Å²) in [7, 11) is 3.58. The molecule has 4 aromatic rings. The second-order valence-corrected chi connectivity index (χ2v) is 7.04. The summed E-state index contributed by atoms with van der Waals surface area (Å²) in [5, 5.41) is 3.62. The van der Waals surface area contributed by atoms with E-state index in [9.17, 15) is 9.18 Å². The molecule has 0 unspecified atom stereocenters. The molecule has 3 heterocycles.